The molecule has 0 atom stereocenters. The third kappa shape index (κ3) is 2.82. The minimum atomic E-state index is 0.125. The summed E-state index contributed by atoms with van der Waals surface area (Å²) in [6.45, 7) is 0. The molecule has 64 valence electrons. The number of halogens is 1. The Labute approximate surface area is 84.9 Å². The summed E-state index contributed by atoms with van der Waals surface area (Å²) in [4.78, 5) is 0. The second-order valence-corrected chi connectivity index (χ2v) is 3.21. The van der Waals surface area contributed by atoms with E-state index >= 15 is 0 Å². The summed E-state index contributed by atoms with van der Waals surface area (Å²) in [5.74, 6) is 5.45. The van der Waals surface area contributed by atoms with Crippen LogP contribution in [-0.2, 0) is 0 Å². The first kappa shape index (κ1) is 9.64. The molecule has 0 saturated heterocycles. The van der Waals surface area contributed by atoms with Crippen LogP contribution in [0.15, 0.2) is 22.7 Å². The summed E-state index contributed by atoms with van der Waals surface area (Å²) in [6, 6.07) is 6.96. The number of nitriles is 1. The van der Waals surface area contributed by atoms with E-state index in [1.807, 2.05) is 6.07 Å². The van der Waals surface area contributed by atoms with E-state index in [0.717, 1.165) is 4.47 Å². The number of benzene rings is 1. The van der Waals surface area contributed by atoms with E-state index in [4.69, 9.17) is 5.26 Å². The van der Waals surface area contributed by atoms with Gasteiger partial charge in [0.1, 0.15) is 5.75 Å². The van der Waals surface area contributed by atoms with Crippen molar-refractivity contribution in [1.29, 1.82) is 5.26 Å². The van der Waals surface area contributed by atoms with Crippen molar-refractivity contribution in [3.63, 3.8) is 0 Å². The Morgan fingerprint density at radius 2 is 2.23 bits per heavy atom. The number of phenols is 1. The average Bonchev–Trinajstić information content (AvgIpc) is 2.09. The van der Waals surface area contributed by atoms with E-state index in [2.05, 4.69) is 27.8 Å². The third-order valence-corrected chi connectivity index (χ3v) is 1.84. The van der Waals surface area contributed by atoms with E-state index < -0.39 is 0 Å². The van der Waals surface area contributed by atoms with Crippen molar-refractivity contribution in [1.82, 2.24) is 0 Å². The topological polar surface area (TPSA) is 44.0 Å². The van der Waals surface area contributed by atoms with Crippen molar-refractivity contribution in [3.8, 4) is 23.7 Å². The van der Waals surface area contributed by atoms with E-state index in [1.165, 1.54) is 0 Å². The summed E-state index contributed by atoms with van der Waals surface area (Å²) in [6.07, 6.45) is 0.176. The number of aromatic hydroxyl groups is 1. The SMILES string of the molecule is N#CCC#Cc1ccc(Br)cc1O. The molecule has 0 aliphatic heterocycles. The van der Waals surface area contributed by atoms with Crippen LogP contribution < -0.4 is 0 Å². The Morgan fingerprint density at radius 1 is 1.46 bits per heavy atom. The zero-order valence-corrected chi connectivity index (χ0v) is 8.30. The standard InChI is InChI=1S/C10H6BrNO/c11-9-5-4-8(10(13)7-9)3-1-2-6-12/h4-5,7,13H,2H2. The maximum atomic E-state index is 9.38. The minimum Gasteiger partial charge on any atom is -0.507 e. The van der Waals surface area contributed by atoms with Crippen molar-refractivity contribution < 1.29 is 5.11 Å². The van der Waals surface area contributed by atoms with Crippen molar-refractivity contribution in [2.45, 2.75) is 6.42 Å². The van der Waals surface area contributed by atoms with E-state index in [-0.39, 0.29) is 12.2 Å². The first-order chi connectivity index (χ1) is 6.24. The number of hydrogen-bond acceptors (Lipinski definition) is 2. The summed E-state index contributed by atoms with van der Waals surface area (Å²) >= 11 is 3.22. The predicted molar refractivity (Wildman–Crippen MR) is 52.9 cm³/mol. The Kier molecular flexibility index (Phi) is 3.37. The lowest BCUT2D eigenvalue weighted by Crippen LogP contribution is -1.76. The highest BCUT2D eigenvalue weighted by Gasteiger charge is 1.96. The second kappa shape index (κ2) is 4.54. The molecule has 1 N–H and O–H groups in total. The lowest BCUT2D eigenvalue weighted by Gasteiger charge is -1.95. The molecule has 0 aliphatic rings. The molecule has 0 heterocycles. The molecule has 0 fully saturated rings. The fourth-order valence-corrected chi connectivity index (χ4v) is 1.14. The van der Waals surface area contributed by atoms with Crippen LogP contribution in [-0.4, -0.2) is 5.11 Å². The molecule has 0 bridgehead atoms. The predicted octanol–water partition coefficient (Wildman–Crippen LogP) is 2.42. The van der Waals surface area contributed by atoms with Gasteiger partial charge in [-0.15, -0.1) is 0 Å². The quantitative estimate of drug-likeness (QED) is 0.703. The molecule has 13 heavy (non-hydrogen) atoms. The lowest BCUT2D eigenvalue weighted by molar-refractivity contribution is 0.473. The van der Waals surface area contributed by atoms with Crippen molar-refractivity contribution in [2.75, 3.05) is 0 Å². The number of rotatable bonds is 0. The van der Waals surface area contributed by atoms with Crippen LogP contribution in [0.2, 0.25) is 0 Å². The number of nitrogens with zero attached hydrogens (tertiary/aromatic N) is 1. The maximum Gasteiger partial charge on any atom is 0.132 e. The largest absolute Gasteiger partial charge is 0.507 e. The van der Waals surface area contributed by atoms with Gasteiger partial charge in [-0.05, 0) is 18.2 Å². The average molecular weight is 236 g/mol. The van der Waals surface area contributed by atoms with Gasteiger partial charge in [0.15, 0.2) is 0 Å². The Balaban J connectivity index is 2.93. The first-order valence-electron chi connectivity index (χ1n) is 3.58. The molecule has 0 spiro atoms. The van der Waals surface area contributed by atoms with Gasteiger partial charge in [0.25, 0.3) is 0 Å². The lowest BCUT2D eigenvalue weighted by atomic mass is 10.2. The van der Waals surface area contributed by atoms with Gasteiger partial charge in [-0.25, -0.2) is 0 Å². The van der Waals surface area contributed by atoms with E-state index in [9.17, 15) is 5.11 Å². The minimum absolute atomic E-state index is 0.125. The summed E-state index contributed by atoms with van der Waals surface area (Å²) in [7, 11) is 0. The summed E-state index contributed by atoms with van der Waals surface area (Å²) < 4.78 is 0.802. The highest BCUT2D eigenvalue weighted by Crippen LogP contribution is 2.21. The molecular weight excluding hydrogens is 230 g/mol. The molecule has 0 radical (unpaired) electrons. The second-order valence-electron chi connectivity index (χ2n) is 2.30. The molecule has 1 aromatic rings. The van der Waals surface area contributed by atoms with Crippen LogP contribution in [0.25, 0.3) is 0 Å². The molecule has 3 heteroatoms. The summed E-state index contributed by atoms with van der Waals surface area (Å²) in [5, 5.41) is 17.6. The van der Waals surface area contributed by atoms with E-state index in [0.29, 0.717) is 5.56 Å². The van der Waals surface area contributed by atoms with Crippen LogP contribution in [0.4, 0.5) is 0 Å². The fourth-order valence-electron chi connectivity index (χ4n) is 0.789. The van der Waals surface area contributed by atoms with Gasteiger partial charge >= 0.3 is 0 Å². The number of phenolic OH excluding ortho intramolecular Hbond substituents is 1. The third-order valence-electron chi connectivity index (χ3n) is 1.35. The highest BCUT2D eigenvalue weighted by atomic mass is 79.9. The molecule has 0 aromatic heterocycles. The zero-order valence-electron chi connectivity index (χ0n) is 6.71. The number of hydrogen-bond donors (Lipinski definition) is 1. The zero-order chi connectivity index (χ0) is 9.68. The molecule has 0 unspecified atom stereocenters. The van der Waals surface area contributed by atoms with Gasteiger partial charge in [0, 0.05) is 4.47 Å². The van der Waals surface area contributed by atoms with Gasteiger partial charge < -0.3 is 5.11 Å². The van der Waals surface area contributed by atoms with Crippen LogP contribution in [0.5, 0.6) is 5.75 Å². The van der Waals surface area contributed by atoms with Gasteiger partial charge in [-0.2, -0.15) is 5.26 Å². The summed E-state index contributed by atoms with van der Waals surface area (Å²) in [5.41, 5.74) is 0.540. The smallest absolute Gasteiger partial charge is 0.132 e. The van der Waals surface area contributed by atoms with Crippen LogP contribution in [0.3, 0.4) is 0 Å². The first-order valence-corrected chi connectivity index (χ1v) is 4.37. The van der Waals surface area contributed by atoms with Crippen LogP contribution in [0.1, 0.15) is 12.0 Å². The van der Waals surface area contributed by atoms with Crippen molar-refractivity contribution >= 4 is 15.9 Å². The van der Waals surface area contributed by atoms with Gasteiger partial charge in [-0.1, -0.05) is 27.8 Å². The highest BCUT2D eigenvalue weighted by molar-refractivity contribution is 9.10. The van der Waals surface area contributed by atoms with Gasteiger partial charge in [-0.3, -0.25) is 0 Å². The Morgan fingerprint density at radius 3 is 2.85 bits per heavy atom. The van der Waals surface area contributed by atoms with E-state index in [1.54, 1.807) is 18.2 Å². The van der Waals surface area contributed by atoms with Crippen LogP contribution >= 0.6 is 15.9 Å². The van der Waals surface area contributed by atoms with Gasteiger partial charge in [0.05, 0.1) is 18.1 Å². The van der Waals surface area contributed by atoms with Crippen LogP contribution in [0, 0.1) is 23.2 Å². The van der Waals surface area contributed by atoms with Crippen molar-refractivity contribution in [3.05, 3.63) is 28.2 Å². The fraction of sp³-hybridized carbons (Fsp3) is 0.100. The molecule has 2 nitrogen and oxygen atoms in total. The molecule has 0 aliphatic carbocycles. The molecule has 0 saturated carbocycles. The monoisotopic (exact) mass is 235 g/mol. The van der Waals surface area contributed by atoms with Gasteiger partial charge in [0.2, 0.25) is 0 Å². The molecule has 1 rings (SSSR count). The molecule has 0 amide bonds. The maximum absolute atomic E-state index is 9.38. The molecular formula is C10H6BrNO. The Hall–Kier alpha value is -1.45. The van der Waals surface area contributed by atoms with Crippen molar-refractivity contribution in [2.24, 2.45) is 0 Å². The Bertz CT molecular complexity index is 409. The normalized spacial score (nSPS) is 8.31. The molecule has 1 aromatic carbocycles.